The van der Waals surface area contributed by atoms with Crippen LogP contribution in [-0.2, 0) is 4.79 Å². The number of rotatable bonds is 52. The van der Waals surface area contributed by atoms with Gasteiger partial charge in [-0.1, -0.05) is 303 Å². The predicted octanol–water partition coefficient (Wildman–Crippen LogP) is 16.9. The van der Waals surface area contributed by atoms with E-state index in [0.717, 1.165) is 32.1 Å². The van der Waals surface area contributed by atoms with Gasteiger partial charge in [0.2, 0.25) is 5.91 Å². The lowest BCUT2D eigenvalue weighted by molar-refractivity contribution is -0.124. The van der Waals surface area contributed by atoms with Crippen molar-refractivity contribution in [3.8, 4) is 0 Å². The highest BCUT2D eigenvalue weighted by Gasteiger charge is 2.26. The number of hydrogen-bond acceptors (Lipinski definition) is 4. The zero-order valence-electron chi connectivity index (χ0n) is 41.1. The van der Waals surface area contributed by atoms with Crippen LogP contribution in [0.2, 0.25) is 0 Å². The van der Waals surface area contributed by atoms with Gasteiger partial charge in [0.25, 0.3) is 0 Å². The van der Waals surface area contributed by atoms with Crippen LogP contribution in [0, 0.1) is 0 Å². The van der Waals surface area contributed by atoms with Gasteiger partial charge < -0.3 is 20.6 Å². The molecule has 60 heavy (non-hydrogen) atoms. The van der Waals surface area contributed by atoms with Crippen LogP contribution in [0.15, 0.2) is 0 Å². The Hall–Kier alpha value is -0.650. The third-order valence-corrected chi connectivity index (χ3v) is 13.5. The largest absolute Gasteiger partial charge is 0.394 e. The van der Waals surface area contributed by atoms with Crippen LogP contribution in [0.3, 0.4) is 0 Å². The molecule has 0 bridgehead atoms. The van der Waals surface area contributed by atoms with Gasteiger partial charge in [-0.15, -0.1) is 0 Å². The van der Waals surface area contributed by atoms with E-state index in [1.165, 1.54) is 263 Å². The Kier molecular flexibility index (Phi) is 50.4. The number of aliphatic hydroxyl groups is 3. The van der Waals surface area contributed by atoms with Crippen LogP contribution in [0.1, 0.15) is 322 Å². The van der Waals surface area contributed by atoms with Gasteiger partial charge in [-0.3, -0.25) is 4.79 Å². The summed E-state index contributed by atoms with van der Waals surface area (Å²) in [6.45, 7) is 4.20. The number of amides is 1. The fraction of sp³-hybridized carbons (Fsp3) is 0.982. The van der Waals surface area contributed by atoms with Crippen molar-refractivity contribution in [1.29, 1.82) is 0 Å². The lowest BCUT2D eigenvalue weighted by Gasteiger charge is -2.26. The fourth-order valence-corrected chi connectivity index (χ4v) is 9.17. The summed E-state index contributed by atoms with van der Waals surface area (Å²) in [4.78, 5) is 12.5. The third kappa shape index (κ3) is 45.4. The van der Waals surface area contributed by atoms with Crippen molar-refractivity contribution in [1.82, 2.24) is 5.32 Å². The zero-order valence-corrected chi connectivity index (χ0v) is 41.1. The highest BCUT2D eigenvalue weighted by molar-refractivity contribution is 5.76. The van der Waals surface area contributed by atoms with Gasteiger partial charge in [0.1, 0.15) is 6.10 Å². The summed E-state index contributed by atoms with van der Waals surface area (Å²) >= 11 is 0. The molecule has 0 aromatic heterocycles. The molecular weight excluding hydrogens is 739 g/mol. The Labute approximate surface area is 377 Å². The van der Waals surface area contributed by atoms with E-state index in [1.807, 2.05) is 0 Å². The number of hydrogen-bond donors (Lipinski definition) is 4. The summed E-state index contributed by atoms with van der Waals surface area (Å²) in [6, 6.07) is -0.803. The maximum Gasteiger partial charge on any atom is 0.220 e. The zero-order chi connectivity index (χ0) is 43.7. The molecule has 0 saturated carbocycles. The van der Waals surface area contributed by atoms with E-state index in [4.69, 9.17) is 0 Å². The molecule has 0 aromatic carbocycles. The van der Waals surface area contributed by atoms with Gasteiger partial charge in [-0.05, 0) is 12.8 Å². The third-order valence-electron chi connectivity index (χ3n) is 13.5. The van der Waals surface area contributed by atoms with E-state index in [0.29, 0.717) is 12.8 Å². The Morgan fingerprint density at radius 1 is 0.350 bits per heavy atom. The molecule has 4 N–H and O–H groups in total. The fourth-order valence-electron chi connectivity index (χ4n) is 9.17. The van der Waals surface area contributed by atoms with E-state index >= 15 is 0 Å². The SMILES string of the molecule is CCCCCCCCCCCCCCCCCCCCCCCCCCCCCCCCCCCCC(=O)N[C@@H](CO)[C@H](O)[C@H](O)CCCCCCCCCCCCCC. The molecule has 0 heterocycles. The van der Waals surface area contributed by atoms with Crippen LogP contribution < -0.4 is 5.32 Å². The second kappa shape index (κ2) is 51.0. The van der Waals surface area contributed by atoms with Crippen molar-refractivity contribution in [3.63, 3.8) is 0 Å². The predicted molar refractivity (Wildman–Crippen MR) is 264 cm³/mol. The molecule has 0 aliphatic rings. The molecule has 0 unspecified atom stereocenters. The van der Waals surface area contributed by atoms with Crippen LogP contribution in [-0.4, -0.2) is 46.1 Å². The van der Waals surface area contributed by atoms with E-state index in [9.17, 15) is 20.1 Å². The second-order valence-corrected chi connectivity index (χ2v) is 19.5. The minimum Gasteiger partial charge on any atom is -0.394 e. The summed E-state index contributed by atoms with van der Waals surface area (Å²) in [5.74, 6) is -0.137. The van der Waals surface area contributed by atoms with Crippen LogP contribution in [0.5, 0.6) is 0 Å². The number of carbonyl (C=O) groups is 1. The Bertz CT molecular complexity index is 807. The number of carbonyl (C=O) groups excluding carboxylic acids is 1. The molecule has 3 atom stereocenters. The van der Waals surface area contributed by atoms with Crippen LogP contribution in [0.25, 0.3) is 0 Å². The minimum absolute atomic E-state index is 0.137. The van der Waals surface area contributed by atoms with E-state index < -0.39 is 18.2 Å². The van der Waals surface area contributed by atoms with Crippen molar-refractivity contribution in [2.45, 2.75) is 340 Å². The van der Waals surface area contributed by atoms with Gasteiger partial charge in [0.15, 0.2) is 0 Å². The lowest BCUT2D eigenvalue weighted by atomic mass is 9.99. The highest BCUT2D eigenvalue weighted by atomic mass is 16.3. The topological polar surface area (TPSA) is 89.8 Å². The van der Waals surface area contributed by atoms with Crippen LogP contribution in [0.4, 0.5) is 0 Å². The summed E-state index contributed by atoms with van der Waals surface area (Å²) in [5, 5.41) is 33.6. The van der Waals surface area contributed by atoms with Gasteiger partial charge in [0.05, 0.1) is 18.8 Å². The van der Waals surface area contributed by atoms with Gasteiger partial charge in [-0.25, -0.2) is 0 Å². The summed E-state index contributed by atoms with van der Waals surface area (Å²) < 4.78 is 0. The molecule has 0 radical (unpaired) electrons. The Balaban J connectivity index is 3.40. The van der Waals surface area contributed by atoms with Crippen molar-refractivity contribution >= 4 is 5.91 Å². The average molecular weight is 850 g/mol. The van der Waals surface area contributed by atoms with Gasteiger partial charge in [0, 0.05) is 6.42 Å². The van der Waals surface area contributed by atoms with Crippen molar-refractivity contribution in [2.75, 3.05) is 6.61 Å². The molecule has 1 amide bonds. The molecule has 0 aromatic rings. The molecule has 360 valence electrons. The summed E-state index contributed by atoms with van der Waals surface area (Å²) in [7, 11) is 0. The van der Waals surface area contributed by atoms with Gasteiger partial charge in [-0.2, -0.15) is 0 Å². The van der Waals surface area contributed by atoms with Crippen LogP contribution >= 0.6 is 0 Å². The number of unbranched alkanes of at least 4 members (excludes halogenated alkanes) is 44. The first-order valence-corrected chi connectivity index (χ1v) is 27.8. The maximum atomic E-state index is 12.5. The Morgan fingerprint density at radius 2 is 0.567 bits per heavy atom. The lowest BCUT2D eigenvalue weighted by Crippen LogP contribution is -2.50. The second-order valence-electron chi connectivity index (χ2n) is 19.5. The standard InChI is InChI=1S/C55H111NO4/c1-3-5-7-9-11-13-15-17-18-19-20-21-22-23-24-25-26-27-28-29-30-31-32-33-34-35-36-37-38-40-42-44-46-48-50-54(59)56-52(51-57)55(60)53(58)49-47-45-43-41-39-16-14-12-10-8-6-4-2/h52-53,55,57-58,60H,3-51H2,1-2H3,(H,56,59)/t52-,53+,55-/m0/s1. The van der Waals surface area contributed by atoms with Crippen molar-refractivity contribution in [2.24, 2.45) is 0 Å². The highest BCUT2D eigenvalue weighted by Crippen LogP contribution is 2.19. The molecule has 0 saturated heterocycles. The first-order chi connectivity index (χ1) is 29.6. The molecule has 5 heteroatoms. The average Bonchev–Trinajstić information content (AvgIpc) is 3.25. The number of aliphatic hydroxyl groups excluding tert-OH is 3. The van der Waals surface area contributed by atoms with Crippen molar-refractivity contribution < 1.29 is 20.1 Å². The molecule has 0 spiro atoms. The molecule has 0 aliphatic carbocycles. The Morgan fingerprint density at radius 3 is 0.800 bits per heavy atom. The first-order valence-electron chi connectivity index (χ1n) is 27.8. The quantitative estimate of drug-likeness (QED) is 0.0459. The summed E-state index contributed by atoms with van der Waals surface area (Å²) in [5.41, 5.74) is 0. The number of nitrogens with one attached hydrogen (secondary N) is 1. The maximum absolute atomic E-state index is 12.5. The summed E-state index contributed by atoms with van der Waals surface area (Å²) in [6.07, 6.45) is 61.3. The van der Waals surface area contributed by atoms with E-state index in [1.54, 1.807) is 0 Å². The minimum atomic E-state index is -1.13. The van der Waals surface area contributed by atoms with Crippen molar-refractivity contribution in [3.05, 3.63) is 0 Å². The van der Waals surface area contributed by atoms with Gasteiger partial charge >= 0.3 is 0 Å². The molecular formula is C55H111NO4. The van der Waals surface area contributed by atoms with E-state index in [2.05, 4.69) is 19.2 Å². The smallest absolute Gasteiger partial charge is 0.220 e. The monoisotopic (exact) mass is 850 g/mol. The molecule has 5 nitrogen and oxygen atoms in total. The molecule has 0 fully saturated rings. The molecule has 0 rings (SSSR count). The molecule has 0 aliphatic heterocycles. The van der Waals surface area contributed by atoms with E-state index in [-0.39, 0.29) is 12.5 Å². The first kappa shape index (κ1) is 59.4. The normalized spacial score (nSPS) is 13.2.